The van der Waals surface area contributed by atoms with Gasteiger partial charge >= 0.3 is 5.97 Å². The fraction of sp³-hybridized carbons (Fsp3) is 0.750. The van der Waals surface area contributed by atoms with Crippen LogP contribution in [-0.2, 0) is 25.7 Å². The summed E-state index contributed by atoms with van der Waals surface area (Å²) in [5.74, 6) is -1.42. The first-order valence-corrected chi connectivity index (χ1v) is 13.3. The molecule has 208 valence electrons. The van der Waals surface area contributed by atoms with Gasteiger partial charge in [0.1, 0.15) is 30.5 Å². The number of aliphatic hydroxyl groups excluding tert-OH is 3. The normalized spacial score (nSPS) is 36.1. The van der Waals surface area contributed by atoms with Crippen molar-refractivity contribution in [2.24, 2.45) is 17.3 Å². The van der Waals surface area contributed by atoms with Crippen LogP contribution < -0.4 is 0 Å². The first-order valence-electron chi connectivity index (χ1n) is 13.3. The van der Waals surface area contributed by atoms with Gasteiger partial charge in [-0.1, -0.05) is 34.1 Å². The minimum absolute atomic E-state index is 0.0929. The molecule has 2 aliphatic rings. The van der Waals surface area contributed by atoms with E-state index in [0.717, 1.165) is 24.8 Å². The average Bonchev–Trinajstić information content (AvgIpc) is 3.24. The summed E-state index contributed by atoms with van der Waals surface area (Å²) in [5.41, 5.74) is -0.379. The monoisotopic (exact) mass is 521 g/mol. The van der Waals surface area contributed by atoms with Gasteiger partial charge in [-0.2, -0.15) is 0 Å². The van der Waals surface area contributed by atoms with E-state index in [1.165, 1.54) is 6.26 Å². The van der Waals surface area contributed by atoms with E-state index in [0.29, 0.717) is 18.5 Å². The topological polar surface area (TPSA) is 143 Å². The number of ether oxygens (including phenoxy) is 2. The van der Waals surface area contributed by atoms with Crippen molar-refractivity contribution < 1.29 is 38.8 Å². The molecule has 9 nitrogen and oxygen atoms in total. The molecular weight excluding hydrogens is 478 g/mol. The quantitative estimate of drug-likeness (QED) is 0.400. The van der Waals surface area contributed by atoms with Gasteiger partial charge in [0.05, 0.1) is 35.7 Å². The Morgan fingerprint density at radius 1 is 1.24 bits per heavy atom. The molecule has 0 amide bonds. The molecule has 9 heteroatoms. The van der Waals surface area contributed by atoms with Gasteiger partial charge in [-0.25, -0.2) is 4.98 Å². The summed E-state index contributed by atoms with van der Waals surface area (Å²) in [6, 6.07) is 0. The maximum absolute atomic E-state index is 13.4. The molecule has 0 bridgehead atoms. The highest BCUT2D eigenvalue weighted by molar-refractivity contribution is 5.88. The van der Waals surface area contributed by atoms with Gasteiger partial charge in [0.2, 0.25) is 5.89 Å². The molecule has 1 aromatic heterocycles. The molecule has 7 atom stereocenters. The highest BCUT2D eigenvalue weighted by Crippen LogP contribution is 2.45. The number of rotatable bonds is 4. The number of cyclic esters (lactones) is 1. The molecule has 37 heavy (non-hydrogen) atoms. The maximum Gasteiger partial charge on any atom is 0.309 e. The van der Waals surface area contributed by atoms with Crippen molar-refractivity contribution in [3.05, 3.63) is 23.4 Å². The van der Waals surface area contributed by atoms with Gasteiger partial charge in [-0.15, -0.1) is 0 Å². The van der Waals surface area contributed by atoms with E-state index in [4.69, 9.17) is 13.9 Å². The number of carbonyl (C=O) groups is 2. The van der Waals surface area contributed by atoms with E-state index in [2.05, 4.69) is 4.98 Å². The third-order valence-corrected chi connectivity index (χ3v) is 8.26. The van der Waals surface area contributed by atoms with Crippen LogP contribution in [0.3, 0.4) is 0 Å². The Kier molecular flexibility index (Phi) is 9.37. The lowest BCUT2D eigenvalue weighted by Gasteiger charge is -2.35. The van der Waals surface area contributed by atoms with Crippen LogP contribution in [0.15, 0.2) is 16.3 Å². The van der Waals surface area contributed by atoms with E-state index < -0.39 is 35.6 Å². The highest BCUT2D eigenvalue weighted by atomic mass is 16.6. The van der Waals surface area contributed by atoms with Crippen LogP contribution in [0.5, 0.6) is 0 Å². The Balaban J connectivity index is 1.87. The minimum Gasteiger partial charge on any atom is -0.458 e. The number of Topliss-reactive ketones (excluding diaryl/α,β-unsaturated/α-hetero) is 1. The second kappa shape index (κ2) is 11.8. The lowest BCUT2D eigenvalue weighted by atomic mass is 9.71. The van der Waals surface area contributed by atoms with Crippen LogP contribution in [0.2, 0.25) is 0 Å². The van der Waals surface area contributed by atoms with Gasteiger partial charge in [-0.05, 0) is 50.7 Å². The number of carbonyl (C=O) groups excluding carboxylic acids is 2. The molecule has 0 saturated carbocycles. The number of fused-ring (bicyclic) bond motifs is 1. The second-order valence-electron chi connectivity index (χ2n) is 11.5. The summed E-state index contributed by atoms with van der Waals surface area (Å²) in [6.45, 7) is 10.6. The molecule has 0 spiro atoms. The molecule has 0 aliphatic carbocycles. The molecule has 2 fully saturated rings. The fourth-order valence-corrected chi connectivity index (χ4v) is 5.31. The number of epoxide rings is 1. The molecule has 2 saturated heterocycles. The standard InChI is InChI=1S/C28H43NO8/c1-7-19-25(33)16(2)9-8-10-28(6)22(37-28)12-20(17(3)11-18-15-35-23(14-30)29-18)36-24(32)13-21(31)27(4,5)26(19)34/h11,15-16,19-22,25,30-31,33H,7-10,12-14H2,1-6H3/b17-11-/t16-,19+,20-,21-,22-,25-,28-/m0/s1. The zero-order chi connectivity index (χ0) is 27.5. The van der Waals surface area contributed by atoms with E-state index >= 15 is 0 Å². The summed E-state index contributed by atoms with van der Waals surface area (Å²) in [4.78, 5) is 30.6. The molecule has 0 unspecified atom stereocenters. The molecule has 3 rings (SSSR count). The van der Waals surface area contributed by atoms with Gasteiger partial charge in [0.25, 0.3) is 0 Å². The van der Waals surface area contributed by atoms with Gasteiger partial charge in [0.15, 0.2) is 0 Å². The van der Waals surface area contributed by atoms with Crippen LogP contribution >= 0.6 is 0 Å². The number of ketones is 1. The van der Waals surface area contributed by atoms with Crippen LogP contribution in [0.1, 0.15) is 91.7 Å². The second-order valence-corrected chi connectivity index (χ2v) is 11.5. The predicted octanol–water partition coefficient (Wildman–Crippen LogP) is 3.58. The molecule has 1 aromatic rings. The lowest BCUT2D eigenvalue weighted by Crippen LogP contribution is -2.46. The molecule has 2 aliphatic heterocycles. The Bertz CT molecular complexity index is 985. The van der Waals surface area contributed by atoms with Crippen molar-refractivity contribution in [2.45, 2.75) is 117 Å². The fourth-order valence-electron chi connectivity index (χ4n) is 5.31. The summed E-state index contributed by atoms with van der Waals surface area (Å²) in [6.07, 6.45) is 3.20. The number of esters is 1. The number of hydrogen-bond donors (Lipinski definition) is 3. The summed E-state index contributed by atoms with van der Waals surface area (Å²) in [7, 11) is 0. The van der Waals surface area contributed by atoms with E-state index in [1.807, 2.05) is 27.7 Å². The van der Waals surface area contributed by atoms with Crippen LogP contribution in [0.25, 0.3) is 6.08 Å². The SMILES string of the molecule is CC[C@H]1C(=O)C(C)(C)[C@@H](O)CC(=O)O[C@H](/C(C)=C\c2coc(CO)n2)C[C@@H]2O[C@@]2(C)CCC[C@H](C)[C@@H]1O. The predicted molar refractivity (Wildman–Crippen MR) is 136 cm³/mol. The average molecular weight is 522 g/mol. The Hall–Kier alpha value is -2.07. The molecule has 0 aromatic carbocycles. The van der Waals surface area contributed by atoms with Crippen molar-refractivity contribution in [1.29, 1.82) is 0 Å². The Labute approximate surface area is 219 Å². The number of hydrogen-bond acceptors (Lipinski definition) is 9. The summed E-state index contributed by atoms with van der Waals surface area (Å²) >= 11 is 0. The van der Waals surface area contributed by atoms with E-state index in [1.54, 1.807) is 19.9 Å². The van der Waals surface area contributed by atoms with Crippen molar-refractivity contribution in [3.8, 4) is 0 Å². The molecule has 3 heterocycles. The molecular formula is C28H43NO8. The Morgan fingerprint density at radius 2 is 1.95 bits per heavy atom. The van der Waals surface area contributed by atoms with Gasteiger partial charge in [-0.3, -0.25) is 9.59 Å². The van der Waals surface area contributed by atoms with Crippen molar-refractivity contribution in [2.75, 3.05) is 0 Å². The zero-order valence-electron chi connectivity index (χ0n) is 22.9. The lowest BCUT2D eigenvalue weighted by molar-refractivity contribution is -0.154. The summed E-state index contributed by atoms with van der Waals surface area (Å²) < 4.78 is 17.1. The molecule has 0 radical (unpaired) electrons. The van der Waals surface area contributed by atoms with Crippen molar-refractivity contribution in [1.82, 2.24) is 4.98 Å². The zero-order valence-corrected chi connectivity index (χ0v) is 22.9. The van der Waals surface area contributed by atoms with E-state index in [9.17, 15) is 24.9 Å². The van der Waals surface area contributed by atoms with E-state index in [-0.39, 0.29) is 42.3 Å². The first kappa shape index (κ1) is 29.5. The number of aromatic nitrogens is 1. The van der Waals surface area contributed by atoms with Gasteiger partial charge < -0.3 is 29.2 Å². The third kappa shape index (κ3) is 6.88. The van der Waals surface area contributed by atoms with Gasteiger partial charge in [0, 0.05) is 12.3 Å². The smallest absolute Gasteiger partial charge is 0.309 e. The maximum atomic E-state index is 13.4. The Morgan fingerprint density at radius 3 is 2.57 bits per heavy atom. The number of aliphatic hydroxyl groups is 3. The molecule has 3 N–H and O–H groups in total. The third-order valence-electron chi connectivity index (χ3n) is 8.26. The van der Waals surface area contributed by atoms with Crippen molar-refractivity contribution in [3.63, 3.8) is 0 Å². The van der Waals surface area contributed by atoms with Crippen molar-refractivity contribution >= 4 is 17.8 Å². The van der Waals surface area contributed by atoms with Crippen LogP contribution in [0.4, 0.5) is 0 Å². The largest absolute Gasteiger partial charge is 0.458 e. The minimum atomic E-state index is -1.27. The number of nitrogens with zero attached hydrogens (tertiary/aromatic N) is 1. The van der Waals surface area contributed by atoms with Crippen LogP contribution in [0, 0.1) is 17.3 Å². The van der Waals surface area contributed by atoms with Crippen LogP contribution in [-0.4, -0.2) is 62.1 Å². The summed E-state index contributed by atoms with van der Waals surface area (Å²) in [5, 5.41) is 31.2. The first-order chi connectivity index (χ1) is 17.3. The highest BCUT2D eigenvalue weighted by Gasteiger charge is 2.53. The number of oxazole rings is 1.